The number of carboxylic acid groups (broad SMARTS) is 1. The van der Waals surface area contributed by atoms with E-state index in [9.17, 15) is 9.18 Å². The SMILES string of the molecule is O=C(O)c1ccc(CN(CCc2cccc(F)c2)C2CC2)cc1. The van der Waals surface area contributed by atoms with E-state index >= 15 is 0 Å². The highest BCUT2D eigenvalue weighted by atomic mass is 19.1. The Morgan fingerprint density at radius 3 is 2.48 bits per heavy atom. The van der Waals surface area contributed by atoms with Crippen LogP contribution in [0.4, 0.5) is 4.39 Å². The van der Waals surface area contributed by atoms with E-state index in [1.165, 1.54) is 18.9 Å². The molecule has 0 atom stereocenters. The van der Waals surface area contributed by atoms with Crippen molar-refractivity contribution in [1.82, 2.24) is 4.90 Å². The molecular formula is C19H20FNO2. The fourth-order valence-electron chi connectivity index (χ4n) is 2.78. The summed E-state index contributed by atoms with van der Waals surface area (Å²) in [4.78, 5) is 13.3. The molecule has 1 N–H and O–H groups in total. The third kappa shape index (κ3) is 4.39. The second-order valence-corrected chi connectivity index (χ2v) is 6.08. The van der Waals surface area contributed by atoms with E-state index in [0.29, 0.717) is 11.6 Å². The molecule has 1 saturated carbocycles. The van der Waals surface area contributed by atoms with E-state index in [1.807, 2.05) is 18.2 Å². The molecule has 0 aliphatic heterocycles. The lowest BCUT2D eigenvalue weighted by Crippen LogP contribution is -2.28. The molecule has 3 nitrogen and oxygen atoms in total. The molecule has 3 rings (SSSR count). The van der Waals surface area contributed by atoms with Gasteiger partial charge in [0.1, 0.15) is 5.82 Å². The van der Waals surface area contributed by atoms with Gasteiger partial charge in [-0.05, 0) is 54.7 Å². The molecule has 0 bridgehead atoms. The molecule has 0 saturated heterocycles. The predicted molar refractivity (Wildman–Crippen MR) is 86.9 cm³/mol. The highest BCUT2D eigenvalue weighted by molar-refractivity contribution is 5.87. The lowest BCUT2D eigenvalue weighted by molar-refractivity contribution is 0.0697. The molecule has 0 radical (unpaired) electrons. The molecule has 0 spiro atoms. The van der Waals surface area contributed by atoms with Crippen LogP contribution >= 0.6 is 0 Å². The lowest BCUT2D eigenvalue weighted by Gasteiger charge is -2.22. The summed E-state index contributed by atoms with van der Waals surface area (Å²) in [6.45, 7) is 1.69. The van der Waals surface area contributed by atoms with E-state index < -0.39 is 5.97 Å². The summed E-state index contributed by atoms with van der Waals surface area (Å²) in [7, 11) is 0. The topological polar surface area (TPSA) is 40.5 Å². The van der Waals surface area contributed by atoms with Crippen LogP contribution in [0.5, 0.6) is 0 Å². The first kappa shape index (κ1) is 15.7. The van der Waals surface area contributed by atoms with Gasteiger partial charge in [0.15, 0.2) is 0 Å². The monoisotopic (exact) mass is 313 g/mol. The average Bonchev–Trinajstić information content (AvgIpc) is 3.37. The standard InChI is InChI=1S/C19H20FNO2/c20-17-3-1-2-14(12-17)10-11-21(18-8-9-18)13-15-4-6-16(7-5-15)19(22)23/h1-7,12,18H,8-11,13H2,(H,22,23). The Bertz CT molecular complexity index is 680. The van der Waals surface area contributed by atoms with Crippen molar-refractivity contribution in [2.24, 2.45) is 0 Å². The van der Waals surface area contributed by atoms with E-state index in [2.05, 4.69) is 4.90 Å². The average molecular weight is 313 g/mol. The fraction of sp³-hybridized carbons (Fsp3) is 0.316. The zero-order chi connectivity index (χ0) is 16.2. The van der Waals surface area contributed by atoms with Crippen LogP contribution in [0.15, 0.2) is 48.5 Å². The van der Waals surface area contributed by atoms with Gasteiger partial charge in [0.2, 0.25) is 0 Å². The van der Waals surface area contributed by atoms with Crippen LogP contribution in [0.3, 0.4) is 0 Å². The van der Waals surface area contributed by atoms with Gasteiger partial charge in [0, 0.05) is 19.1 Å². The molecule has 23 heavy (non-hydrogen) atoms. The van der Waals surface area contributed by atoms with Gasteiger partial charge < -0.3 is 5.11 Å². The molecule has 1 aliphatic carbocycles. The van der Waals surface area contributed by atoms with Crippen LogP contribution in [0, 0.1) is 5.82 Å². The zero-order valence-electron chi connectivity index (χ0n) is 12.9. The van der Waals surface area contributed by atoms with Gasteiger partial charge >= 0.3 is 5.97 Å². The minimum absolute atomic E-state index is 0.190. The van der Waals surface area contributed by atoms with Gasteiger partial charge in [0.05, 0.1) is 5.56 Å². The number of hydrogen-bond donors (Lipinski definition) is 1. The second kappa shape index (κ2) is 6.92. The number of aromatic carboxylic acids is 1. The Morgan fingerprint density at radius 1 is 1.13 bits per heavy atom. The molecule has 1 fully saturated rings. The maximum atomic E-state index is 13.3. The summed E-state index contributed by atoms with van der Waals surface area (Å²) in [5.74, 6) is -1.09. The summed E-state index contributed by atoms with van der Waals surface area (Å²) in [5.41, 5.74) is 2.43. The molecule has 2 aromatic carbocycles. The largest absolute Gasteiger partial charge is 0.478 e. The zero-order valence-corrected chi connectivity index (χ0v) is 12.9. The molecule has 0 unspecified atom stereocenters. The minimum Gasteiger partial charge on any atom is -0.478 e. The number of benzene rings is 2. The smallest absolute Gasteiger partial charge is 0.335 e. The van der Waals surface area contributed by atoms with Crippen molar-refractivity contribution in [2.75, 3.05) is 6.54 Å². The Labute approximate surface area is 135 Å². The van der Waals surface area contributed by atoms with Gasteiger partial charge in [-0.3, -0.25) is 4.90 Å². The number of nitrogens with zero attached hydrogens (tertiary/aromatic N) is 1. The van der Waals surface area contributed by atoms with Gasteiger partial charge in [-0.2, -0.15) is 0 Å². The van der Waals surface area contributed by atoms with Crippen LogP contribution in [-0.2, 0) is 13.0 Å². The second-order valence-electron chi connectivity index (χ2n) is 6.08. The molecule has 0 aromatic heterocycles. The van der Waals surface area contributed by atoms with Gasteiger partial charge in [0.25, 0.3) is 0 Å². The van der Waals surface area contributed by atoms with Crippen LogP contribution in [0.1, 0.15) is 34.3 Å². The molecular weight excluding hydrogens is 293 g/mol. The Kier molecular flexibility index (Phi) is 4.72. The van der Waals surface area contributed by atoms with Crippen molar-refractivity contribution in [3.63, 3.8) is 0 Å². The van der Waals surface area contributed by atoms with Crippen LogP contribution < -0.4 is 0 Å². The normalized spacial score (nSPS) is 14.2. The van der Waals surface area contributed by atoms with Crippen molar-refractivity contribution < 1.29 is 14.3 Å². The van der Waals surface area contributed by atoms with Crippen molar-refractivity contribution in [3.8, 4) is 0 Å². The summed E-state index contributed by atoms with van der Waals surface area (Å²) in [6, 6.07) is 14.4. The van der Waals surface area contributed by atoms with Crippen LogP contribution in [0.25, 0.3) is 0 Å². The van der Waals surface area contributed by atoms with E-state index in [1.54, 1.807) is 24.3 Å². The molecule has 4 heteroatoms. The molecule has 0 heterocycles. The Hall–Kier alpha value is -2.20. The lowest BCUT2D eigenvalue weighted by atomic mass is 10.1. The number of halogens is 1. The summed E-state index contributed by atoms with van der Waals surface area (Å²) in [6.07, 6.45) is 3.23. The van der Waals surface area contributed by atoms with Crippen molar-refractivity contribution in [1.29, 1.82) is 0 Å². The van der Waals surface area contributed by atoms with Crippen molar-refractivity contribution in [2.45, 2.75) is 31.8 Å². The third-order valence-electron chi connectivity index (χ3n) is 4.23. The molecule has 2 aromatic rings. The predicted octanol–water partition coefficient (Wildman–Crippen LogP) is 3.73. The highest BCUT2D eigenvalue weighted by Crippen LogP contribution is 2.28. The number of hydrogen-bond acceptors (Lipinski definition) is 2. The van der Waals surface area contributed by atoms with Gasteiger partial charge in [-0.1, -0.05) is 24.3 Å². The van der Waals surface area contributed by atoms with E-state index in [0.717, 1.165) is 30.6 Å². The van der Waals surface area contributed by atoms with Crippen molar-refractivity contribution in [3.05, 3.63) is 71.0 Å². The van der Waals surface area contributed by atoms with Gasteiger partial charge in [-0.15, -0.1) is 0 Å². The first-order chi connectivity index (χ1) is 11.1. The Balaban J connectivity index is 1.61. The van der Waals surface area contributed by atoms with E-state index in [4.69, 9.17) is 5.11 Å². The maximum absolute atomic E-state index is 13.3. The fourth-order valence-corrected chi connectivity index (χ4v) is 2.78. The molecule has 120 valence electrons. The summed E-state index contributed by atoms with van der Waals surface area (Å²) >= 11 is 0. The minimum atomic E-state index is -0.901. The van der Waals surface area contributed by atoms with Gasteiger partial charge in [-0.25, -0.2) is 9.18 Å². The first-order valence-corrected chi connectivity index (χ1v) is 7.92. The summed E-state index contributed by atoms with van der Waals surface area (Å²) < 4.78 is 13.3. The number of carbonyl (C=O) groups is 1. The molecule has 0 amide bonds. The van der Waals surface area contributed by atoms with Crippen LogP contribution in [0.2, 0.25) is 0 Å². The third-order valence-corrected chi connectivity index (χ3v) is 4.23. The highest BCUT2D eigenvalue weighted by Gasteiger charge is 2.28. The van der Waals surface area contributed by atoms with Crippen LogP contribution in [-0.4, -0.2) is 28.6 Å². The Morgan fingerprint density at radius 2 is 1.87 bits per heavy atom. The number of rotatable bonds is 7. The summed E-state index contributed by atoms with van der Waals surface area (Å²) in [5, 5.41) is 8.95. The van der Waals surface area contributed by atoms with Crippen molar-refractivity contribution >= 4 is 5.97 Å². The van der Waals surface area contributed by atoms with E-state index in [-0.39, 0.29) is 5.82 Å². The first-order valence-electron chi connectivity index (χ1n) is 7.92. The molecule has 1 aliphatic rings. The maximum Gasteiger partial charge on any atom is 0.335 e. The number of carboxylic acids is 1. The quantitative estimate of drug-likeness (QED) is 0.846.